The molecule has 0 aromatic heterocycles. The highest BCUT2D eigenvalue weighted by Crippen LogP contribution is 2.36. The zero-order chi connectivity index (χ0) is 19.3. The van der Waals surface area contributed by atoms with Crippen LogP contribution in [0, 0.1) is 0 Å². The summed E-state index contributed by atoms with van der Waals surface area (Å²) in [7, 11) is 1.66. The molecular formula is C25H25NO2. The first-order valence-corrected chi connectivity index (χ1v) is 9.77. The Kier molecular flexibility index (Phi) is 5.43. The Morgan fingerprint density at radius 2 is 1.46 bits per heavy atom. The van der Waals surface area contributed by atoms with E-state index in [0.29, 0.717) is 6.54 Å². The van der Waals surface area contributed by atoms with E-state index < -0.39 is 0 Å². The van der Waals surface area contributed by atoms with Gasteiger partial charge in [0.05, 0.1) is 13.0 Å². The summed E-state index contributed by atoms with van der Waals surface area (Å²) in [4.78, 5) is 15.4. The molecule has 1 amide bonds. The topological polar surface area (TPSA) is 29.5 Å². The van der Waals surface area contributed by atoms with Gasteiger partial charge in [-0.1, -0.05) is 72.8 Å². The fourth-order valence-electron chi connectivity index (χ4n) is 4.06. The van der Waals surface area contributed by atoms with E-state index in [1.54, 1.807) is 7.11 Å². The van der Waals surface area contributed by atoms with Crippen molar-refractivity contribution in [3.8, 4) is 5.75 Å². The minimum atomic E-state index is -0.0941. The van der Waals surface area contributed by atoms with Gasteiger partial charge >= 0.3 is 0 Å². The molecule has 3 aromatic carbocycles. The Balaban J connectivity index is 1.60. The summed E-state index contributed by atoms with van der Waals surface area (Å²) >= 11 is 0. The minimum absolute atomic E-state index is 0.0941. The van der Waals surface area contributed by atoms with E-state index >= 15 is 0 Å². The van der Waals surface area contributed by atoms with Crippen LogP contribution in [0.3, 0.4) is 0 Å². The third-order valence-electron chi connectivity index (χ3n) is 5.56. The van der Waals surface area contributed by atoms with E-state index in [4.69, 9.17) is 4.74 Å². The van der Waals surface area contributed by atoms with Crippen molar-refractivity contribution in [2.45, 2.75) is 31.3 Å². The van der Waals surface area contributed by atoms with Crippen LogP contribution in [0.15, 0.2) is 84.9 Å². The fourth-order valence-corrected chi connectivity index (χ4v) is 4.06. The molecule has 0 N–H and O–H groups in total. The first-order chi connectivity index (χ1) is 13.7. The lowest BCUT2D eigenvalue weighted by Crippen LogP contribution is -2.34. The molecule has 1 unspecified atom stereocenters. The molecule has 3 aromatic rings. The molecule has 0 bridgehead atoms. The van der Waals surface area contributed by atoms with Gasteiger partial charge in [-0.15, -0.1) is 0 Å². The maximum absolute atomic E-state index is 13.4. The van der Waals surface area contributed by atoms with Crippen LogP contribution in [0.4, 0.5) is 0 Å². The standard InChI is InChI=1S/C25H25NO2/c1-28-23-14-12-21(13-15-23)24-17-22(16-19-8-4-2-5-9-19)26(25(24)27)18-20-10-6-3-7-11-20/h2-15,22,24H,16-18H2,1H3/t22-,24?/m0/s1. The van der Waals surface area contributed by atoms with Gasteiger partial charge in [0.2, 0.25) is 5.91 Å². The van der Waals surface area contributed by atoms with Gasteiger partial charge in [-0.3, -0.25) is 4.79 Å². The van der Waals surface area contributed by atoms with Gasteiger partial charge in [0, 0.05) is 12.6 Å². The van der Waals surface area contributed by atoms with Crippen LogP contribution in [-0.4, -0.2) is 24.0 Å². The highest BCUT2D eigenvalue weighted by atomic mass is 16.5. The Labute approximate surface area is 166 Å². The molecule has 1 fully saturated rings. The molecule has 3 heteroatoms. The highest BCUT2D eigenvalue weighted by Gasteiger charge is 2.40. The summed E-state index contributed by atoms with van der Waals surface area (Å²) in [6, 6.07) is 28.8. The molecule has 28 heavy (non-hydrogen) atoms. The van der Waals surface area contributed by atoms with Gasteiger partial charge in [0.25, 0.3) is 0 Å². The van der Waals surface area contributed by atoms with Crippen molar-refractivity contribution in [3.05, 3.63) is 102 Å². The largest absolute Gasteiger partial charge is 0.497 e. The van der Waals surface area contributed by atoms with Gasteiger partial charge in [0.15, 0.2) is 0 Å². The Hall–Kier alpha value is -3.07. The smallest absolute Gasteiger partial charge is 0.230 e. The van der Waals surface area contributed by atoms with Gasteiger partial charge < -0.3 is 9.64 Å². The minimum Gasteiger partial charge on any atom is -0.497 e. The van der Waals surface area contributed by atoms with Gasteiger partial charge in [-0.05, 0) is 41.7 Å². The first-order valence-electron chi connectivity index (χ1n) is 9.77. The van der Waals surface area contributed by atoms with Crippen molar-refractivity contribution < 1.29 is 9.53 Å². The number of amides is 1. The normalized spacial score (nSPS) is 19.0. The van der Waals surface area contributed by atoms with Crippen LogP contribution in [0.2, 0.25) is 0 Å². The predicted molar refractivity (Wildman–Crippen MR) is 111 cm³/mol. The molecule has 0 aliphatic carbocycles. The number of hydrogen-bond acceptors (Lipinski definition) is 2. The quantitative estimate of drug-likeness (QED) is 0.622. The molecule has 0 spiro atoms. The molecular weight excluding hydrogens is 346 g/mol. The molecule has 1 aliphatic rings. The third kappa shape index (κ3) is 3.94. The lowest BCUT2D eigenvalue weighted by molar-refractivity contribution is -0.130. The summed E-state index contributed by atoms with van der Waals surface area (Å²) in [5.74, 6) is 0.939. The summed E-state index contributed by atoms with van der Waals surface area (Å²) < 4.78 is 5.26. The first kappa shape index (κ1) is 18.3. The van der Waals surface area contributed by atoms with Crippen LogP contribution in [0.5, 0.6) is 5.75 Å². The van der Waals surface area contributed by atoms with Crippen molar-refractivity contribution >= 4 is 5.91 Å². The van der Waals surface area contributed by atoms with Crippen molar-refractivity contribution in [1.29, 1.82) is 0 Å². The Morgan fingerprint density at radius 1 is 0.857 bits per heavy atom. The number of carbonyl (C=O) groups is 1. The van der Waals surface area contributed by atoms with Crippen LogP contribution < -0.4 is 4.74 Å². The second-order valence-electron chi connectivity index (χ2n) is 7.36. The molecule has 0 radical (unpaired) electrons. The summed E-state index contributed by atoms with van der Waals surface area (Å²) in [6.45, 7) is 0.657. The lowest BCUT2D eigenvalue weighted by atomic mass is 9.93. The zero-order valence-electron chi connectivity index (χ0n) is 16.1. The third-order valence-corrected chi connectivity index (χ3v) is 5.56. The van der Waals surface area contributed by atoms with Crippen LogP contribution >= 0.6 is 0 Å². The second kappa shape index (κ2) is 8.30. The number of likely N-dealkylation sites (tertiary alicyclic amines) is 1. The van der Waals surface area contributed by atoms with Gasteiger partial charge in [0.1, 0.15) is 5.75 Å². The summed E-state index contributed by atoms with van der Waals surface area (Å²) in [6.07, 6.45) is 1.72. The maximum atomic E-state index is 13.4. The molecule has 4 rings (SSSR count). The average Bonchev–Trinajstić information content (AvgIpc) is 3.05. The Morgan fingerprint density at radius 3 is 2.07 bits per heavy atom. The molecule has 1 saturated heterocycles. The van der Waals surface area contributed by atoms with E-state index in [0.717, 1.165) is 24.2 Å². The molecule has 1 aliphatic heterocycles. The number of benzene rings is 3. The van der Waals surface area contributed by atoms with E-state index in [9.17, 15) is 4.79 Å². The summed E-state index contributed by atoms with van der Waals surface area (Å²) in [5.41, 5.74) is 3.51. The average molecular weight is 371 g/mol. The van der Waals surface area contributed by atoms with E-state index in [-0.39, 0.29) is 17.9 Å². The number of nitrogens with zero attached hydrogens (tertiary/aromatic N) is 1. The number of methoxy groups -OCH3 is 1. The number of ether oxygens (including phenoxy) is 1. The predicted octanol–water partition coefficient (Wildman–Crippen LogP) is 4.82. The van der Waals surface area contributed by atoms with Gasteiger partial charge in [-0.2, -0.15) is 0 Å². The van der Waals surface area contributed by atoms with Crippen molar-refractivity contribution in [2.24, 2.45) is 0 Å². The molecule has 0 saturated carbocycles. The van der Waals surface area contributed by atoms with E-state index in [1.807, 2.05) is 48.5 Å². The SMILES string of the molecule is COc1ccc(C2C[C@H](Cc3ccccc3)N(Cc3ccccc3)C2=O)cc1. The molecule has 3 nitrogen and oxygen atoms in total. The van der Waals surface area contributed by atoms with Crippen molar-refractivity contribution in [3.63, 3.8) is 0 Å². The second-order valence-corrected chi connectivity index (χ2v) is 7.36. The van der Waals surface area contributed by atoms with E-state index in [1.165, 1.54) is 11.1 Å². The monoisotopic (exact) mass is 371 g/mol. The molecule has 1 heterocycles. The summed E-state index contributed by atoms with van der Waals surface area (Å²) in [5, 5.41) is 0. The van der Waals surface area contributed by atoms with Crippen LogP contribution in [0.1, 0.15) is 29.0 Å². The van der Waals surface area contributed by atoms with Crippen molar-refractivity contribution in [2.75, 3.05) is 7.11 Å². The van der Waals surface area contributed by atoms with Crippen LogP contribution in [0.25, 0.3) is 0 Å². The lowest BCUT2D eigenvalue weighted by Gasteiger charge is -2.25. The fraction of sp³-hybridized carbons (Fsp3) is 0.240. The van der Waals surface area contributed by atoms with Crippen molar-refractivity contribution in [1.82, 2.24) is 4.90 Å². The molecule has 142 valence electrons. The highest BCUT2D eigenvalue weighted by molar-refractivity contribution is 5.86. The number of rotatable bonds is 6. The maximum Gasteiger partial charge on any atom is 0.230 e. The van der Waals surface area contributed by atoms with Gasteiger partial charge in [-0.25, -0.2) is 0 Å². The van der Waals surface area contributed by atoms with E-state index in [2.05, 4.69) is 41.3 Å². The Bertz CT molecular complexity index is 906. The zero-order valence-corrected chi connectivity index (χ0v) is 16.1. The molecule has 2 atom stereocenters. The number of hydrogen-bond donors (Lipinski definition) is 0. The number of carbonyl (C=O) groups excluding carboxylic acids is 1. The van der Waals surface area contributed by atoms with Crippen LogP contribution in [-0.2, 0) is 17.8 Å².